The Morgan fingerprint density at radius 1 is 1.24 bits per heavy atom. The van der Waals surface area contributed by atoms with Crippen LogP contribution >= 0.6 is 15.9 Å². The monoisotopic (exact) mass is 303 g/mol. The van der Waals surface area contributed by atoms with Crippen molar-refractivity contribution in [1.82, 2.24) is 4.90 Å². The van der Waals surface area contributed by atoms with E-state index < -0.39 is 0 Å². The van der Waals surface area contributed by atoms with Gasteiger partial charge in [0.2, 0.25) is 0 Å². The summed E-state index contributed by atoms with van der Waals surface area (Å²) in [6, 6.07) is 0. The van der Waals surface area contributed by atoms with Crippen LogP contribution in [0.5, 0.6) is 0 Å². The minimum Gasteiger partial charge on any atom is -0.381 e. The molecule has 2 saturated heterocycles. The average molecular weight is 304 g/mol. The van der Waals surface area contributed by atoms with Gasteiger partial charge in [-0.2, -0.15) is 0 Å². The first kappa shape index (κ1) is 13.8. The SMILES string of the molecule is CC1CCN(CC2(CBr)CCOCC2)CC1C. The number of hydrogen-bond acceptors (Lipinski definition) is 2. The Morgan fingerprint density at radius 3 is 2.53 bits per heavy atom. The first-order valence-electron chi connectivity index (χ1n) is 7.01. The van der Waals surface area contributed by atoms with Gasteiger partial charge >= 0.3 is 0 Å². The van der Waals surface area contributed by atoms with E-state index in [9.17, 15) is 0 Å². The van der Waals surface area contributed by atoms with Crippen molar-refractivity contribution in [3.63, 3.8) is 0 Å². The summed E-state index contributed by atoms with van der Waals surface area (Å²) in [5, 5.41) is 1.13. The Balaban J connectivity index is 1.90. The van der Waals surface area contributed by atoms with Crippen LogP contribution in [0, 0.1) is 17.3 Å². The van der Waals surface area contributed by atoms with Crippen LogP contribution in [-0.4, -0.2) is 43.1 Å². The Kier molecular flexibility index (Phi) is 4.90. The average Bonchev–Trinajstić information content (AvgIpc) is 2.35. The first-order valence-corrected chi connectivity index (χ1v) is 8.13. The highest BCUT2D eigenvalue weighted by atomic mass is 79.9. The number of ether oxygens (including phenoxy) is 1. The molecule has 0 amide bonds. The molecule has 2 nitrogen and oxygen atoms in total. The Morgan fingerprint density at radius 2 is 1.94 bits per heavy atom. The van der Waals surface area contributed by atoms with Crippen LogP contribution in [0.25, 0.3) is 0 Å². The molecular weight excluding hydrogens is 278 g/mol. The van der Waals surface area contributed by atoms with Crippen molar-refractivity contribution in [3.8, 4) is 0 Å². The van der Waals surface area contributed by atoms with Crippen molar-refractivity contribution in [2.75, 3.05) is 38.2 Å². The van der Waals surface area contributed by atoms with Crippen LogP contribution in [0.15, 0.2) is 0 Å². The molecule has 0 spiro atoms. The zero-order valence-electron chi connectivity index (χ0n) is 11.3. The maximum Gasteiger partial charge on any atom is 0.0472 e. The van der Waals surface area contributed by atoms with E-state index in [-0.39, 0.29) is 0 Å². The van der Waals surface area contributed by atoms with Gasteiger partial charge in [-0.05, 0) is 43.1 Å². The predicted molar refractivity (Wildman–Crippen MR) is 75.7 cm³/mol. The molecule has 0 bridgehead atoms. The summed E-state index contributed by atoms with van der Waals surface area (Å²) < 4.78 is 5.51. The molecule has 2 aliphatic heterocycles. The zero-order chi connectivity index (χ0) is 12.3. The van der Waals surface area contributed by atoms with Crippen molar-refractivity contribution < 1.29 is 4.74 Å². The number of piperidine rings is 1. The maximum absolute atomic E-state index is 5.51. The number of hydrogen-bond donors (Lipinski definition) is 0. The molecule has 2 rings (SSSR count). The molecule has 17 heavy (non-hydrogen) atoms. The highest BCUT2D eigenvalue weighted by Gasteiger charge is 2.35. The van der Waals surface area contributed by atoms with Gasteiger partial charge in [-0.1, -0.05) is 29.8 Å². The third-order valence-corrected chi connectivity index (χ3v) is 6.00. The normalized spacial score (nSPS) is 34.8. The quantitative estimate of drug-likeness (QED) is 0.743. The molecular formula is C14H26BrNO. The third kappa shape index (κ3) is 3.45. The van der Waals surface area contributed by atoms with Crippen LogP contribution in [0.1, 0.15) is 33.1 Å². The van der Waals surface area contributed by atoms with E-state index in [4.69, 9.17) is 4.74 Å². The second-order valence-electron chi connectivity index (χ2n) is 6.22. The molecule has 100 valence electrons. The van der Waals surface area contributed by atoms with Crippen LogP contribution in [0.2, 0.25) is 0 Å². The van der Waals surface area contributed by atoms with E-state index in [0.717, 1.165) is 30.4 Å². The minimum atomic E-state index is 0.471. The highest BCUT2D eigenvalue weighted by Crippen LogP contribution is 2.35. The molecule has 3 heteroatoms. The van der Waals surface area contributed by atoms with Crippen LogP contribution < -0.4 is 0 Å². The van der Waals surface area contributed by atoms with Gasteiger partial charge in [0, 0.05) is 31.6 Å². The van der Waals surface area contributed by atoms with Crippen LogP contribution in [-0.2, 0) is 4.74 Å². The van der Waals surface area contributed by atoms with E-state index in [1.807, 2.05) is 0 Å². The van der Waals surface area contributed by atoms with Crippen molar-refractivity contribution in [1.29, 1.82) is 0 Å². The van der Waals surface area contributed by atoms with E-state index in [2.05, 4.69) is 34.7 Å². The highest BCUT2D eigenvalue weighted by molar-refractivity contribution is 9.09. The second-order valence-corrected chi connectivity index (χ2v) is 6.79. The molecule has 0 radical (unpaired) electrons. The molecule has 0 N–H and O–H groups in total. The minimum absolute atomic E-state index is 0.471. The summed E-state index contributed by atoms with van der Waals surface area (Å²) in [5.74, 6) is 1.76. The molecule has 0 aromatic heterocycles. The van der Waals surface area contributed by atoms with Gasteiger partial charge in [0.15, 0.2) is 0 Å². The van der Waals surface area contributed by atoms with Crippen LogP contribution in [0.3, 0.4) is 0 Å². The van der Waals surface area contributed by atoms with Crippen molar-refractivity contribution >= 4 is 15.9 Å². The van der Waals surface area contributed by atoms with Gasteiger partial charge in [-0.3, -0.25) is 0 Å². The summed E-state index contributed by atoms with van der Waals surface area (Å²) in [6.07, 6.45) is 3.81. The van der Waals surface area contributed by atoms with Gasteiger partial charge in [0.05, 0.1) is 0 Å². The lowest BCUT2D eigenvalue weighted by atomic mass is 9.80. The lowest BCUT2D eigenvalue weighted by Crippen LogP contribution is -2.47. The molecule has 2 atom stereocenters. The standard InChI is InChI=1S/C14H26BrNO/c1-12-3-6-16(9-13(12)2)11-14(10-15)4-7-17-8-5-14/h12-13H,3-11H2,1-2H3. The summed E-state index contributed by atoms with van der Waals surface area (Å²) in [5.41, 5.74) is 0.471. The zero-order valence-corrected chi connectivity index (χ0v) is 12.8. The Labute approximate surface area is 114 Å². The van der Waals surface area contributed by atoms with E-state index >= 15 is 0 Å². The predicted octanol–water partition coefficient (Wildman–Crippen LogP) is 3.16. The van der Waals surface area contributed by atoms with Gasteiger partial charge in [0.25, 0.3) is 0 Å². The summed E-state index contributed by atoms with van der Waals surface area (Å²) in [7, 11) is 0. The molecule has 0 saturated carbocycles. The van der Waals surface area contributed by atoms with Gasteiger partial charge < -0.3 is 9.64 Å². The summed E-state index contributed by atoms with van der Waals surface area (Å²) in [6.45, 7) is 10.5. The van der Waals surface area contributed by atoms with Crippen LogP contribution in [0.4, 0.5) is 0 Å². The fraction of sp³-hybridized carbons (Fsp3) is 1.00. The van der Waals surface area contributed by atoms with E-state index in [1.54, 1.807) is 0 Å². The van der Waals surface area contributed by atoms with Crippen molar-refractivity contribution in [2.24, 2.45) is 17.3 Å². The van der Waals surface area contributed by atoms with Gasteiger partial charge in [-0.25, -0.2) is 0 Å². The first-order chi connectivity index (χ1) is 8.15. The largest absolute Gasteiger partial charge is 0.381 e. The topological polar surface area (TPSA) is 12.5 Å². The molecule has 2 fully saturated rings. The molecule has 0 aromatic carbocycles. The van der Waals surface area contributed by atoms with E-state index in [0.29, 0.717) is 5.41 Å². The fourth-order valence-corrected chi connectivity index (χ4v) is 3.84. The number of rotatable bonds is 3. The van der Waals surface area contributed by atoms with Crippen molar-refractivity contribution in [2.45, 2.75) is 33.1 Å². The smallest absolute Gasteiger partial charge is 0.0472 e. The molecule has 2 heterocycles. The third-order valence-electron chi connectivity index (χ3n) is 4.81. The number of likely N-dealkylation sites (tertiary alicyclic amines) is 1. The Hall–Kier alpha value is 0.400. The van der Waals surface area contributed by atoms with Gasteiger partial charge in [0.1, 0.15) is 0 Å². The summed E-state index contributed by atoms with van der Waals surface area (Å²) >= 11 is 3.74. The number of halogens is 1. The molecule has 2 unspecified atom stereocenters. The fourth-order valence-electron chi connectivity index (χ4n) is 3.11. The lowest BCUT2D eigenvalue weighted by molar-refractivity contribution is -0.00221. The molecule has 0 aliphatic carbocycles. The van der Waals surface area contributed by atoms with Gasteiger partial charge in [-0.15, -0.1) is 0 Å². The molecule has 2 aliphatic rings. The lowest BCUT2D eigenvalue weighted by Gasteiger charge is -2.43. The molecule has 0 aromatic rings. The second kappa shape index (κ2) is 6.03. The summed E-state index contributed by atoms with van der Waals surface area (Å²) in [4.78, 5) is 2.69. The Bertz CT molecular complexity index is 240. The number of alkyl halides is 1. The number of nitrogens with zero attached hydrogens (tertiary/aromatic N) is 1. The maximum atomic E-state index is 5.51. The van der Waals surface area contributed by atoms with E-state index in [1.165, 1.54) is 38.9 Å². The van der Waals surface area contributed by atoms with Crippen molar-refractivity contribution in [3.05, 3.63) is 0 Å².